The molecule has 14 heavy (non-hydrogen) atoms. The predicted molar refractivity (Wildman–Crippen MR) is 59.3 cm³/mol. The minimum Gasteiger partial charge on any atom is -0.385 e. The van der Waals surface area contributed by atoms with Gasteiger partial charge in [-0.15, -0.1) is 0 Å². The fourth-order valence-electron chi connectivity index (χ4n) is 2.23. The summed E-state index contributed by atoms with van der Waals surface area (Å²) in [6.07, 6.45) is 5.12. The lowest BCUT2D eigenvalue weighted by atomic mass is 9.68. The molecule has 1 rings (SSSR count). The smallest absolute Gasteiger partial charge is 0.0474 e. The number of nitrogens with two attached hydrogens (primary N) is 1. The number of ether oxygens (including phenoxy) is 1. The van der Waals surface area contributed by atoms with E-state index in [1.165, 1.54) is 19.3 Å². The van der Waals surface area contributed by atoms with Gasteiger partial charge in [-0.05, 0) is 38.3 Å². The molecule has 0 aromatic rings. The van der Waals surface area contributed by atoms with Crippen LogP contribution in [0.25, 0.3) is 0 Å². The van der Waals surface area contributed by atoms with Gasteiger partial charge in [0.25, 0.3) is 0 Å². The Morgan fingerprint density at radius 3 is 2.57 bits per heavy atom. The summed E-state index contributed by atoms with van der Waals surface area (Å²) in [5, 5.41) is 0. The first-order valence-corrected chi connectivity index (χ1v) is 5.60. The van der Waals surface area contributed by atoms with Crippen LogP contribution in [0.5, 0.6) is 0 Å². The molecule has 0 amide bonds. The van der Waals surface area contributed by atoms with Gasteiger partial charge >= 0.3 is 0 Å². The van der Waals surface area contributed by atoms with Gasteiger partial charge < -0.3 is 15.4 Å². The Bertz CT molecular complexity index is 152. The molecule has 1 fully saturated rings. The predicted octanol–water partition coefficient (Wildman–Crippen LogP) is 1.08. The van der Waals surface area contributed by atoms with E-state index in [1.54, 1.807) is 7.11 Å². The van der Waals surface area contributed by atoms with E-state index in [9.17, 15) is 0 Å². The molecular weight excluding hydrogens is 176 g/mol. The molecule has 2 N–H and O–H groups in total. The third-order valence-electron chi connectivity index (χ3n) is 3.34. The second-order valence-electron chi connectivity index (χ2n) is 4.64. The zero-order valence-electron chi connectivity index (χ0n) is 9.59. The maximum Gasteiger partial charge on any atom is 0.0474 e. The third kappa shape index (κ3) is 3.23. The molecule has 84 valence electrons. The summed E-state index contributed by atoms with van der Waals surface area (Å²) in [6, 6.07) is 0. The molecule has 1 aliphatic carbocycles. The summed E-state index contributed by atoms with van der Waals surface area (Å²) in [5.74, 6) is 0. The van der Waals surface area contributed by atoms with Gasteiger partial charge in [-0.1, -0.05) is 6.42 Å². The van der Waals surface area contributed by atoms with E-state index < -0.39 is 0 Å². The third-order valence-corrected chi connectivity index (χ3v) is 3.34. The normalized spacial score (nSPS) is 19.7. The summed E-state index contributed by atoms with van der Waals surface area (Å²) in [4.78, 5) is 2.39. The van der Waals surface area contributed by atoms with Gasteiger partial charge in [0.1, 0.15) is 0 Å². The van der Waals surface area contributed by atoms with E-state index in [0.29, 0.717) is 5.41 Å². The Labute approximate surface area is 87.6 Å². The average Bonchev–Trinajstić information content (AvgIpc) is 2.12. The van der Waals surface area contributed by atoms with E-state index in [1.807, 2.05) is 0 Å². The zero-order valence-corrected chi connectivity index (χ0v) is 9.59. The molecule has 0 saturated heterocycles. The van der Waals surface area contributed by atoms with Crippen LogP contribution in [0.2, 0.25) is 0 Å². The van der Waals surface area contributed by atoms with Gasteiger partial charge in [-0.2, -0.15) is 0 Å². The van der Waals surface area contributed by atoms with E-state index >= 15 is 0 Å². The van der Waals surface area contributed by atoms with Crippen molar-refractivity contribution in [3.05, 3.63) is 0 Å². The van der Waals surface area contributed by atoms with Crippen molar-refractivity contribution in [2.75, 3.05) is 40.4 Å². The maximum absolute atomic E-state index is 5.82. The lowest BCUT2D eigenvalue weighted by Gasteiger charge is -2.43. The van der Waals surface area contributed by atoms with Gasteiger partial charge in [0, 0.05) is 26.8 Å². The number of nitrogens with zero attached hydrogens (tertiary/aromatic N) is 1. The SMILES string of the molecule is COCCCN(C)CC1(CN)CCC1. The van der Waals surface area contributed by atoms with Crippen molar-refractivity contribution < 1.29 is 4.74 Å². The van der Waals surface area contributed by atoms with Crippen molar-refractivity contribution in [2.24, 2.45) is 11.1 Å². The number of rotatable bonds is 7. The van der Waals surface area contributed by atoms with Gasteiger partial charge in [0.2, 0.25) is 0 Å². The number of hydrogen-bond acceptors (Lipinski definition) is 3. The van der Waals surface area contributed by atoms with Gasteiger partial charge in [0.15, 0.2) is 0 Å². The quantitative estimate of drug-likeness (QED) is 0.625. The zero-order chi connectivity index (χ0) is 10.4. The van der Waals surface area contributed by atoms with Crippen LogP contribution in [-0.4, -0.2) is 45.3 Å². The van der Waals surface area contributed by atoms with Crippen LogP contribution in [0.15, 0.2) is 0 Å². The Balaban J connectivity index is 2.15. The molecule has 0 radical (unpaired) electrons. The first kappa shape index (κ1) is 12.0. The Kier molecular flexibility index (Phi) is 4.85. The molecule has 0 atom stereocenters. The fraction of sp³-hybridized carbons (Fsp3) is 1.00. The summed E-state index contributed by atoms with van der Waals surface area (Å²) in [7, 11) is 3.94. The fourth-order valence-corrected chi connectivity index (χ4v) is 2.23. The Hall–Kier alpha value is -0.120. The van der Waals surface area contributed by atoms with E-state index in [2.05, 4.69) is 11.9 Å². The largest absolute Gasteiger partial charge is 0.385 e. The number of methoxy groups -OCH3 is 1. The van der Waals surface area contributed by atoms with Crippen molar-refractivity contribution in [2.45, 2.75) is 25.7 Å². The lowest BCUT2D eigenvalue weighted by Crippen LogP contribution is -2.46. The summed E-state index contributed by atoms with van der Waals surface area (Å²) < 4.78 is 5.04. The van der Waals surface area contributed by atoms with Crippen LogP contribution in [0.1, 0.15) is 25.7 Å². The standard InChI is InChI=1S/C11H24N2O/c1-13(7-4-8-14-2)10-11(9-12)5-3-6-11/h3-10,12H2,1-2H3. The summed E-state index contributed by atoms with van der Waals surface area (Å²) in [5.41, 5.74) is 6.27. The molecule has 0 spiro atoms. The highest BCUT2D eigenvalue weighted by atomic mass is 16.5. The van der Waals surface area contributed by atoms with Crippen LogP contribution in [0, 0.1) is 5.41 Å². The Morgan fingerprint density at radius 1 is 1.43 bits per heavy atom. The highest BCUT2D eigenvalue weighted by Gasteiger charge is 2.36. The topological polar surface area (TPSA) is 38.5 Å². The van der Waals surface area contributed by atoms with Crippen LogP contribution < -0.4 is 5.73 Å². The highest BCUT2D eigenvalue weighted by Crippen LogP contribution is 2.40. The van der Waals surface area contributed by atoms with Gasteiger partial charge in [0.05, 0.1) is 0 Å². The molecule has 0 heterocycles. The average molecular weight is 200 g/mol. The van der Waals surface area contributed by atoms with Crippen LogP contribution in [0.4, 0.5) is 0 Å². The van der Waals surface area contributed by atoms with Gasteiger partial charge in [-0.25, -0.2) is 0 Å². The molecule has 3 nitrogen and oxygen atoms in total. The molecule has 3 heteroatoms. The number of hydrogen-bond donors (Lipinski definition) is 1. The van der Waals surface area contributed by atoms with Gasteiger partial charge in [-0.3, -0.25) is 0 Å². The molecule has 0 aliphatic heterocycles. The second kappa shape index (κ2) is 5.69. The Morgan fingerprint density at radius 2 is 2.14 bits per heavy atom. The van der Waals surface area contributed by atoms with Crippen molar-refractivity contribution in [3.8, 4) is 0 Å². The van der Waals surface area contributed by atoms with Crippen LogP contribution in [-0.2, 0) is 4.74 Å². The van der Waals surface area contributed by atoms with Crippen molar-refractivity contribution >= 4 is 0 Å². The first-order valence-electron chi connectivity index (χ1n) is 5.60. The molecule has 0 bridgehead atoms. The first-order chi connectivity index (χ1) is 6.72. The second-order valence-corrected chi connectivity index (χ2v) is 4.64. The van der Waals surface area contributed by atoms with E-state index in [-0.39, 0.29) is 0 Å². The minimum atomic E-state index is 0.446. The summed E-state index contributed by atoms with van der Waals surface area (Å²) >= 11 is 0. The maximum atomic E-state index is 5.82. The molecule has 0 unspecified atom stereocenters. The van der Waals surface area contributed by atoms with Crippen LogP contribution in [0.3, 0.4) is 0 Å². The van der Waals surface area contributed by atoms with Crippen molar-refractivity contribution in [1.29, 1.82) is 0 Å². The van der Waals surface area contributed by atoms with Crippen LogP contribution >= 0.6 is 0 Å². The summed E-state index contributed by atoms with van der Waals surface area (Å²) in [6.45, 7) is 3.99. The lowest BCUT2D eigenvalue weighted by molar-refractivity contribution is 0.0820. The molecular formula is C11H24N2O. The highest BCUT2D eigenvalue weighted by molar-refractivity contribution is 4.90. The molecule has 1 saturated carbocycles. The molecule has 0 aromatic heterocycles. The van der Waals surface area contributed by atoms with E-state index in [0.717, 1.165) is 32.7 Å². The molecule has 1 aliphatic rings. The van der Waals surface area contributed by atoms with E-state index in [4.69, 9.17) is 10.5 Å². The minimum absolute atomic E-state index is 0.446. The van der Waals surface area contributed by atoms with Crippen molar-refractivity contribution in [1.82, 2.24) is 4.90 Å². The monoisotopic (exact) mass is 200 g/mol. The van der Waals surface area contributed by atoms with Crippen molar-refractivity contribution in [3.63, 3.8) is 0 Å². The molecule has 0 aromatic carbocycles.